The quantitative estimate of drug-likeness (QED) is 0.809. The number of amides is 1. The topological polar surface area (TPSA) is 75.6 Å². The molecule has 2 rings (SSSR count). The lowest BCUT2D eigenvalue weighted by molar-refractivity contribution is -0.146. The molecule has 0 spiro atoms. The molecule has 5 heteroatoms. The van der Waals surface area contributed by atoms with E-state index in [2.05, 4.69) is 5.32 Å². The van der Waals surface area contributed by atoms with Crippen molar-refractivity contribution < 1.29 is 19.4 Å². The number of carboxylic acids is 1. The molecule has 0 aromatic rings. The van der Waals surface area contributed by atoms with Gasteiger partial charge in [-0.15, -0.1) is 0 Å². The van der Waals surface area contributed by atoms with Gasteiger partial charge < -0.3 is 15.2 Å². The minimum Gasteiger partial charge on any atom is -0.481 e. The highest BCUT2D eigenvalue weighted by Gasteiger charge is 2.42. The predicted molar refractivity (Wildman–Crippen MR) is 69.6 cm³/mol. The zero-order valence-electron chi connectivity index (χ0n) is 11.6. The zero-order valence-corrected chi connectivity index (χ0v) is 11.6. The Hall–Kier alpha value is -1.10. The fourth-order valence-corrected chi connectivity index (χ4v) is 3.45. The van der Waals surface area contributed by atoms with Gasteiger partial charge in [0.1, 0.15) is 0 Å². The summed E-state index contributed by atoms with van der Waals surface area (Å²) in [5, 5.41) is 12.2. The van der Waals surface area contributed by atoms with E-state index in [0.29, 0.717) is 18.8 Å². The fraction of sp³-hybridized carbons (Fsp3) is 0.857. The Labute approximate surface area is 113 Å². The summed E-state index contributed by atoms with van der Waals surface area (Å²) in [5.41, 5.74) is 0. The van der Waals surface area contributed by atoms with E-state index in [9.17, 15) is 14.7 Å². The number of methoxy groups -OCH3 is 1. The number of nitrogens with one attached hydrogen (secondary N) is 1. The van der Waals surface area contributed by atoms with E-state index in [4.69, 9.17) is 4.74 Å². The van der Waals surface area contributed by atoms with Crippen LogP contribution in [0.15, 0.2) is 0 Å². The molecule has 2 fully saturated rings. The second-order valence-electron chi connectivity index (χ2n) is 6.00. The van der Waals surface area contributed by atoms with Crippen molar-refractivity contribution in [2.45, 2.75) is 51.2 Å². The maximum Gasteiger partial charge on any atom is 0.307 e. The molecule has 108 valence electrons. The smallest absolute Gasteiger partial charge is 0.307 e. The summed E-state index contributed by atoms with van der Waals surface area (Å²) in [5.74, 6) is -1.50. The van der Waals surface area contributed by atoms with Crippen LogP contribution in [0.2, 0.25) is 0 Å². The van der Waals surface area contributed by atoms with Gasteiger partial charge in [-0.05, 0) is 38.0 Å². The minimum absolute atomic E-state index is 0.0847. The van der Waals surface area contributed by atoms with Crippen LogP contribution in [-0.2, 0) is 14.3 Å². The molecule has 5 atom stereocenters. The van der Waals surface area contributed by atoms with Crippen molar-refractivity contribution in [2.24, 2.45) is 17.8 Å². The van der Waals surface area contributed by atoms with Crippen molar-refractivity contribution in [2.75, 3.05) is 7.11 Å². The van der Waals surface area contributed by atoms with Crippen molar-refractivity contribution in [3.8, 4) is 0 Å². The third-order valence-corrected chi connectivity index (χ3v) is 4.52. The maximum absolute atomic E-state index is 12.2. The maximum atomic E-state index is 12.2. The van der Waals surface area contributed by atoms with Crippen molar-refractivity contribution in [3.05, 3.63) is 0 Å². The number of hydrogen-bond acceptors (Lipinski definition) is 3. The molecular weight excluding hydrogens is 246 g/mol. The molecule has 2 aliphatic carbocycles. The van der Waals surface area contributed by atoms with E-state index < -0.39 is 11.9 Å². The number of carboxylic acid groups (broad SMARTS) is 1. The first-order chi connectivity index (χ1) is 9.01. The highest BCUT2D eigenvalue weighted by molar-refractivity contribution is 5.85. The molecule has 2 aliphatic rings. The molecule has 0 aliphatic heterocycles. The number of aliphatic carboxylic acids is 1. The second-order valence-corrected chi connectivity index (χ2v) is 6.00. The summed E-state index contributed by atoms with van der Waals surface area (Å²) in [6, 6.07) is 0.141. The number of ether oxygens (including phenoxy) is 1. The molecular formula is C14H23NO4. The molecule has 3 unspecified atom stereocenters. The van der Waals surface area contributed by atoms with E-state index in [1.54, 1.807) is 7.11 Å². The summed E-state index contributed by atoms with van der Waals surface area (Å²) in [7, 11) is 1.69. The Morgan fingerprint density at radius 1 is 1.16 bits per heavy atom. The molecule has 0 aromatic carbocycles. The molecule has 2 N–H and O–H groups in total. The Morgan fingerprint density at radius 2 is 1.84 bits per heavy atom. The largest absolute Gasteiger partial charge is 0.481 e. The SMILES string of the molecule is COC1CCC(NC(=O)[C@H]2CC(C)C[C@H]2C(=O)O)C1. The molecule has 0 radical (unpaired) electrons. The van der Waals surface area contributed by atoms with Gasteiger partial charge in [-0.3, -0.25) is 9.59 Å². The monoisotopic (exact) mass is 269 g/mol. The summed E-state index contributed by atoms with van der Waals surface area (Å²) < 4.78 is 5.28. The summed E-state index contributed by atoms with van der Waals surface area (Å²) in [6.45, 7) is 2.01. The summed E-state index contributed by atoms with van der Waals surface area (Å²) in [6.07, 6.45) is 4.24. The Balaban J connectivity index is 1.90. The van der Waals surface area contributed by atoms with E-state index in [-0.39, 0.29) is 24.0 Å². The van der Waals surface area contributed by atoms with Crippen molar-refractivity contribution >= 4 is 11.9 Å². The van der Waals surface area contributed by atoms with Crippen LogP contribution < -0.4 is 5.32 Å². The molecule has 5 nitrogen and oxygen atoms in total. The van der Waals surface area contributed by atoms with Gasteiger partial charge in [-0.1, -0.05) is 6.92 Å². The molecule has 0 aromatic heterocycles. The summed E-state index contributed by atoms with van der Waals surface area (Å²) >= 11 is 0. The van der Waals surface area contributed by atoms with Crippen molar-refractivity contribution in [3.63, 3.8) is 0 Å². The predicted octanol–water partition coefficient (Wildman–Crippen LogP) is 1.42. The van der Waals surface area contributed by atoms with E-state index in [1.165, 1.54) is 0 Å². The molecule has 0 saturated heterocycles. The second kappa shape index (κ2) is 5.90. The van der Waals surface area contributed by atoms with Crippen LogP contribution in [0.4, 0.5) is 0 Å². The van der Waals surface area contributed by atoms with Crippen LogP contribution in [0, 0.1) is 17.8 Å². The van der Waals surface area contributed by atoms with Crippen LogP contribution in [0.5, 0.6) is 0 Å². The Kier molecular flexibility index (Phi) is 4.45. The van der Waals surface area contributed by atoms with Crippen LogP contribution in [-0.4, -0.2) is 36.2 Å². The molecule has 1 amide bonds. The number of hydrogen-bond donors (Lipinski definition) is 2. The first-order valence-electron chi connectivity index (χ1n) is 7.07. The normalized spacial score (nSPS) is 38.3. The number of carbonyl (C=O) groups is 2. The molecule has 2 saturated carbocycles. The van der Waals surface area contributed by atoms with Gasteiger partial charge in [0.2, 0.25) is 5.91 Å². The van der Waals surface area contributed by atoms with Crippen LogP contribution in [0.1, 0.15) is 39.0 Å². The standard InChI is InChI=1S/C14H23NO4/c1-8-5-11(12(6-8)14(17)18)13(16)15-9-3-4-10(7-9)19-2/h8-12H,3-7H2,1-2H3,(H,15,16)(H,17,18)/t8?,9?,10?,11-,12+/m0/s1. The van der Waals surface area contributed by atoms with Crippen LogP contribution in [0.3, 0.4) is 0 Å². The number of rotatable bonds is 4. The first-order valence-corrected chi connectivity index (χ1v) is 7.07. The average Bonchev–Trinajstić information content (AvgIpc) is 2.95. The van der Waals surface area contributed by atoms with Crippen LogP contribution in [0.25, 0.3) is 0 Å². The zero-order chi connectivity index (χ0) is 14.0. The lowest BCUT2D eigenvalue weighted by Gasteiger charge is -2.19. The average molecular weight is 269 g/mol. The lowest BCUT2D eigenvalue weighted by atomic mass is 9.95. The van der Waals surface area contributed by atoms with Gasteiger partial charge in [0.15, 0.2) is 0 Å². The highest BCUT2D eigenvalue weighted by atomic mass is 16.5. The van der Waals surface area contributed by atoms with Gasteiger partial charge in [-0.2, -0.15) is 0 Å². The number of carbonyl (C=O) groups excluding carboxylic acids is 1. The van der Waals surface area contributed by atoms with Gasteiger partial charge in [0.05, 0.1) is 17.9 Å². The van der Waals surface area contributed by atoms with Gasteiger partial charge in [0, 0.05) is 13.2 Å². The Morgan fingerprint density at radius 3 is 2.42 bits per heavy atom. The first kappa shape index (κ1) is 14.3. The molecule has 0 bridgehead atoms. The third-order valence-electron chi connectivity index (χ3n) is 4.52. The molecule has 0 heterocycles. The van der Waals surface area contributed by atoms with Gasteiger partial charge >= 0.3 is 5.97 Å². The van der Waals surface area contributed by atoms with Gasteiger partial charge in [0.25, 0.3) is 0 Å². The van der Waals surface area contributed by atoms with Crippen molar-refractivity contribution in [1.29, 1.82) is 0 Å². The van der Waals surface area contributed by atoms with Crippen LogP contribution >= 0.6 is 0 Å². The third kappa shape index (κ3) is 3.26. The van der Waals surface area contributed by atoms with E-state index in [0.717, 1.165) is 19.3 Å². The van der Waals surface area contributed by atoms with E-state index >= 15 is 0 Å². The molecule has 19 heavy (non-hydrogen) atoms. The summed E-state index contributed by atoms with van der Waals surface area (Å²) in [4.78, 5) is 23.4. The minimum atomic E-state index is -0.842. The lowest BCUT2D eigenvalue weighted by Crippen LogP contribution is -2.40. The fourth-order valence-electron chi connectivity index (χ4n) is 3.45. The van der Waals surface area contributed by atoms with E-state index in [1.807, 2.05) is 6.92 Å². The highest BCUT2D eigenvalue weighted by Crippen LogP contribution is 2.37. The Bertz CT molecular complexity index is 357. The van der Waals surface area contributed by atoms with Crippen molar-refractivity contribution in [1.82, 2.24) is 5.32 Å². The van der Waals surface area contributed by atoms with Gasteiger partial charge in [-0.25, -0.2) is 0 Å².